The van der Waals surface area contributed by atoms with E-state index in [-0.39, 0.29) is 11.5 Å². The minimum atomic E-state index is -0.00326. The van der Waals surface area contributed by atoms with Crippen LogP contribution in [0.2, 0.25) is 0 Å². The number of rotatable bonds is 5. The summed E-state index contributed by atoms with van der Waals surface area (Å²) in [5.41, 5.74) is -0.00326. The van der Waals surface area contributed by atoms with Crippen molar-refractivity contribution in [1.82, 2.24) is 10.6 Å². The summed E-state index contributed by atoms with van der Waals surface area (Å²) < 4.78 is 5.65. The summed E-state index contributed by atoms with van der Waals surface area (Å²) in [4.78, 5) is 11.0. The van der Waals surface area contributed by atoms with Crippen molar-refractivity contribution in [2.45, 2.75) is 51.2 Å². The maximum Gasteiger partial charge on any atom is 0.219 e. The highest BCUT2D eigenvalue weighted by atomic mass is 16.5. The zero-order valence-electron chi connectivity index (χ0n) is 10.6. The van der Waals surface area contributed by atoms with E-state index in [0.29, 0.717) is 12.5 Å². The Labute approximate surface area is 98.1 Å². The Morgan fingerprint density at radius 1 is 1.50 bits per heavy atom. The average Bonchev–Trinajstić information content (AvgIpc) is 2.22. The van der Waals surface area contributed by atoms with Crippen LogP contribution in [0.3, 0.4) is 0 Å². The van der Waals surface area contributed by atoms with Crippen molar-refractivity contribution >= 4 is 5.91 Å². The molecule has 1 amide bonds. The molecule has 1 fully saturated rings. The number of amides is 1. The molecule has 1 atom stereocenters. The first-order chi connectivity index (χ1) is 7.53. The summed E-state index contributed by atoms with van der Waals surface area (Å²) in [7, 11) is 1.68. The van der Waals surface area contributed by atoms with Crippen LogP contribution in [0.1, 0.15) is 39.5 Å². The first-order valence-electron chi connectivity index (χ1n) is 6.11. The number of hydrogen-bond donors (Lipinski definition) is 2. The van der Waals surface area contributed by atoms with Gasteiger partial charge in [-0.15, -0.1) is 0 Å². The topological polar surface area (TPSA) is 50.4 Å². The van der Waals surface area contributed by atoms with Crippen LogP contribution in [0, 0.1) is 0 Å². The molecule has 1 aliphatic heterocycles. The van der Waals surface area contributed by atoms with E-state index in [2.05, 4.69) is 24.5 Å². The van der Waals surface area contributed by atoms with Crippen LogP contribution < -0.4 is 10.6 Å². The van der Waals surface area contributed by atoms with E-state index in [1.54, 1.807) is 7.05 Å². The highest BCUT2D eigenvalue weighted by Crippen LogP contribution is 2.23. The number of nitrogens with one attached hydrogen (secondary N) is 2. The second kappa shape index (κ2) is 6.21. The molecule has 1 rings (SSSR count). The lowest BCUT2D eigenvalue weighted by Gasteiger charge is -2.36. The van der Waals surface area contributed by atoms with Crippen LogP contribution in [0.5, 0.6) is 0 Å². The Kier molecular flexibility index (Phi) is 5.22. The third-order valence-corrected chi connectivity index (χ3v) is 2.99. The Bertz CT molecular complexity index is 229. The maximum atomic E-state index is 11.0. The molecule has 0 aliphatic carbocycles. The predicted octanol–water partition coefficient (Wildman–Crippen LogP) is 1.06. The molecule has 0 aromatic rings. The van der Waals surface area contributed by atoms with Crippen LogP contribution in [0.25, 0.3) is 0 Å². The molecule has 0 aromatic heterocycles. The summed E-state index contributed by atoms with van der Waals surface area (Å²) in [5, 5.41) is 6.13. The van der Waals surface area contributed by atoms with Gasteiger partial charge in [-0.05, 0) is 39.7 Å². The van der Waals surface area contributed by atoms with E-state index in [4.69, 9.17) is 4.74 Å². The van der Waals surface area contributed by atoms with Gasteiger partial charge in [0.15, 0.2) is 0 Å². The van der Waals surface area contributed by atoms with Crippen molar-refractivity contribution in [3.8, 4) is 0 Å². The smallest absolute Gasteiger partial charge is 0.219 e. The third-order valence-electron chi connectivity index (χ3n) is 2.99. The van der Waals surface area contributed by atoms with Gasteiger partial charge >= 0.3 is 0 Å². The maximum absolute atomic E-state index is 11.0. The Morgan fingerprint density at radius 2 is 2.25 bits per heavy atom. The van der Waals surface area contributed by atoms with Gasteiger partial charge in [0, 0.05) is 26.1 Å². The second-order valence-electron chi connectivity index (χ2n) is 5.03. The van der Waals surface area contributed by atoms with E-state index in [1.165, 1.54) is 0 Å². The molecule has 4 nitrogen and oxygen atoms in total. The van der Waals surface area contributed by atoms with Crippen LogP contribution in [0.15, 0.2) is 0 Å². The van der Waals surface area contributed by atoms with E-state index >= 15 is 0 Å². The summed E-state index contributed by atoms with van der Waals surface area (Å²) in [6.45, 7) is 6.00. The fraction of sp³-hybridized carbons (Fsp3) is 0.917. The molecule has 1 saturated heterocycles. The molecule has 94 valence electrons. The van der Waals surface area contributed by atoms with Gasteiger partial charge in [-0.25, -0.2) is 0 Å². The zero-order valence-corrected chi connectivity index (χ0v) is 10.6. The van der Waals surface area contributed by atoms with Crippen LogP contribution >= 0.6 is 0 Å². The van der Waals surface area contributed by atoms with E-state index < -0.39 is 0 Å². The molecule has 0 radical (unpaired) electrons. The van der Waals surface area contributed by atoms with E-state index in [1.807, 2.05) is 0 Å². The minimum absolute atomic E-state index is 0.00326. The van der Waals surface area contributed by atoms with Crippen molar-refractivity contribution in [1.29, 1.82) is 0 Å². The first kappa shape index (κ1) is 13.5. The van der Waals surface area contributed by atoms with E-state index in [9.17, 15) is 4.79 Å². The number of ether oxygens (including phenoxy) is 1. The molecule has 1 unspecified atom stereocenters. The molecule has 2 N–H and O–H groups in total. The van der Waals surface area contributed by atoms with Crippen molar-refractivity contribution in [2.75, 3.05) is 20.2 Å². The molecule has 0 saturated carbocycles. The van der Waals surface area contributed by atoms with Crippen molar-refractivity contribution in [2.24, 2.45) is 0 Å². The monoisotopic (exact) mass is 228 g/mol. The predicted molar refractivity (Wildman–Crippen MR) is 64.4 cm³/mol. The fourth-order valence-electron chi connectivity index (χ4n) is 2.09. The molecular formula is C12H24N2O2. The lowest BCUT2D eigenvalue weighted by Crippen LogP contribution is -2.44. The largest absolute Gasteiger partial charge is 0.375 e. The van der Waals surface area contributed by atoms with Crippen LogP contribution in [-0.2, 0) is 9.53 Å². The van der Waals surface area contributed by atoms with Gasteiger partial charge in [0.25, 0.3) is 0 Å². The highest BCUT2D eigenvalue weighted by molar-refractivity contribution is 5.75. The normalized spacial score (nSPS) is 24.1. The molecule has 1 aliphatic rings. The van der Waals surface area contributed by atoms with Gasteiger partial charge in [0.2, 0.25) is 5.91 Å². The molecule has 0 aromatic carbocycles. The van der Waals surface area contributed by atoms with Gasteiger partial charge in [-0.2, -0.15) is 0 Å². The second-order valence-corrected chi connectivity index (χ2v) is 5.03. The molecule has 4 heteroatoms. The van der Waals surface area contributed by atoms with E-state index in [0.717, 1.165) is 32.4 Å². The lowest BCUT2D eigenvalue weighted by atomic mass is 9.94. The Balaban J connectivity index is 2.11. The van der Waals surface area contributed by atoms with Crippen molar-refractivity contribution in [3.63, 3.8) is 0 Å². The number of carbonyl (C=O) groups excluding carboxylic acids is 1. The Hall–Kier alpha value is -0.610. The molecular weight excluding hydrogens is 204 g/mol. The van der Waals surface area contributed by atoms with Gasteiger partial charge in [0.05, 0.1) is 5.60 Å². The van der Waals surface area contributed by atoms with Gasteiger partial charge in [0.1, 0.15) is 0 Å². The van der Waals surface area contributed by atoms with Crippen molar-refractivity contribution < 1.29 is 9.53 Å². The SMILES string of the molecule is CNC(=O)CCCNC1CCOC(C)(C)C1. The molecule has 1 heterocycles. The lowest BCUT2D eigenvalue weighted by molar-refractivity contribution is -0.120. The summed E-state index contributed by atoms with van der Waals surface area (Å²) in [5.74, 6) is 0.120. The summed E-state index contributed by atoms with van der Waals surface area (Å²) in [6.07, 6.45) is 3.63. The highest BCUT2D eigenvalue weighted by Gasteiger charge is 2.28. The van der Waals surface area contributed by atoms with Crippen molar-refractivity contribution in [3.05, 3.63) is 0 Å². The van der Waals surface area contributed by atoms with Gasteiger partial charge in [-0.1, -0.05) is 0 Å². The first-order valence-corrected chi connectivity index (χ1v) is 6.11. The minimum Gasteiger partial charge on any atom is -0.375 e. The average molecular weight is 228 g/mol. The quantitative estimate of drug-likeness (QED) is 0.692. The van der Waals surface area contributed by atoms with Crippen LogP contribution in [0.4, 0.5) is 0 Å². The number of carbonyl (C=O) groups is 1. The van der Waals surface area contributed by atoms with Gasteiger partial charge in [-0.3, -0.25) is 4.79 Å². The molecule has 0 bridgehead atoms. The van der Waals surface area contributed by atoms with Gasteiger partial charge < -0.3 is 15.4 Å². The molecule has 16 heavy (non-hydrogen) atoms. The standard InChI is InChI=1S/C12H24N2O2/c1-12(2)9-10(6-8-16-12)14-7-4-5-11(15)13-3/h10,14H,4-9H2,1-3H3,(H,13,15). The Morgan fingerprint density at radius 3 is 2.88 bits per heavy atom. The summed E-state index contributed by atoms with van der Waals surface area (Å²) in [6, 6.07) is 0.536. The zero-order chi connectivity index (χ0) is 12.0. The fourth-order valence-corrected chi connectivity index (χ4v) is 2.09. The number of hydrogen-bond acceptors (Lipinski definition) is 3. The van der Waals surface area contributed by atoms with Crippen LogP contribution in [-0.4, -0.2) is 37.7 Å². The third kappa shape index (κ3) is 4.94. The summed E-state index contributed by atoms with van der Waals surface area (Å²) >= 11 is 0. The molecule has 0 spiro atoms.